The van der Waals surface area contributed by atoms with Crippen molar-refractivity contribution < 1.29 is 18.0 Å². The first kappa shape index (κ1) is 23.4. The zero-order valence-corrected chi connectivity index (χ0v) is 19.4. The first-order chi connectivity index (χ1) is 14.9. The molecule has 168 valence electrons. The van der Waals surface area contributed by atoms with Crippen molar-refractivity contribution in [3.63, 3.8) is 0 Å². The first-order valence-electron chi connectivity index (χ1n) is 10.6. The molecule has 1 N–H and O–H groups in total. The van der Waals surface area contributed by atoms with Gasteiger partial charge in [0.25, 0.3) is 5.91 Å². The molecule has 1 fully saturated rings. The molecule has 31 heavy (non-hydrogen) atoms. The summed E-state index contributed by atoms with van der Waals surface area (Å²) in [5, 5.41) is 4.76. The van der Waals surface area contributed by atoms with Crippen molar-refractivity contribution >= 4 is 33.2 Å². The normalized spacial score (nSPS) is 15.3. The van der Waals surface area contributed by atoms with Gasteiger partial charge in [0.2, 0.25) is 15.9 Å². The van der Waals surface area contributed by atoms with Crippen LogP contribution >= 0.6 is 11.3 Å². The summed E-state index contributed by atoms with van der Waals surface area (Å²) in [6.07, 6.45) is 3.76. The van der Waals surface area contributed by atoms with Gasteiger partial charge < -0.3 is 10.2 Å². The van der Waals surface area contributed by atoms with Crippen molar-refractivity contribution in [3.05, 3.63) is 52.2 Å². The van der Waals surface area contributed by atoms with E-state index in [-0.39, 0.29) is 28.8 Å². The van der Waals surface area contributed by atoms with Gasteiger partial charge in [-0.3, -0.25) is 9.59 Å². The lowest BCUT2D eigenvalue weighted by molar-refractivity contribution is -0.121. The van der Waals surface area contributed by atoms with Gasteiger partial charge in [-0.15, -0.1) is 11.3 Å². The number of likely N-dealkylation sites (N-methyl/N-ethyl adjacent to an activating group) is 1. The molecule has 1 aromatic carbocycles. The lowest BCUT2D eigenvalue weighted by Gasteiger charge is -2.22. The number of benzene rings is 1. The largest absolute Gasteiger partial charge is 0.350 e. The van der Waals surface area contributed by atoms with E-state index < -0.39 is 10.0 Å². The number of hydrogen-bond donors (Lipinski definition) is 1. The molecule has 0 spiro atoms. The smallest absolute Gasteiger partial charge is 0.254 e. The third-order valence-corrected chi connectivity index (χ3v) is 8.10. The summed E-state index contributed by atoms with van der Waals surface area (Å²) < 4.78 is 27.6. The average molecular weight is 464 g/mol. The van der Waals surface area contributed by atoms with Crippen LogP contribution in [0.5, 0.6) is 0 Å². The minimum absolute atomic E-state index is 0.0796. The molecule has 2 heterocycles. The van der Waals surface area contributed by atoms with Crippen LogP contribution in [0.2, 0.25) is 0 Å². The molecule has 0 aliphatic carbocycles. The Hall–Kier alpha value is -2.23. The monoisotopic (exact) mass is 463 g/mol. The van der Waals surface area contributed by atoms with E-state index in [4.69, 9.17) is 0 Å². The Morgan fingerprint density at radius 3 is 2.48 bits per heavy atom. The van der Waals surface area contributed by atoms with Gasteiger partial charge in [0.15, 0.2) is 0 Å². The predicted octanol–water partition coefficient (Wildman–Crippen LogP) is 3.09. The number of rotatable bonds is 8. The van der Waals surface area contributed by atoms with E-state index >= 15 is 0 Å². The first-order valence-corrected chi connectivity index (χ1v) is 12.9. The van der Waals surface area contributed by atoms with E-state index in [9.17, 15) is 18.0 Å². The van der Waals surface area contributed by atoms with Gasteiger partial charge in [0, 0.05) is 30.1 Å². The molecule has 0 unspecified atom stereocenters. The molecule has 7 nitrogen and oxygen atoms in total. The maximum atomic E-state index is 13.1. The van der Waals surface area contributed by atoms with Crippen molar-refractivity contribution in [2.24, 2.45) is 0 Å². The Morgan fingerprint density at radius 2 is 1.84 bits per heavy atom. The fourth-order valence-electron chi connectivity index (χ4n) is 3.56. The molecule has 0 atom stereocenters. The van der Waals surface area contributed by atoms with Crippen LogP contribution in [0.15, 0.2) is 46.7 Å². The van der Waals surface area contributed by atoms with Crippen molar-refractivity contribution in [1.82, 2.24) is 14.5 Å². The number of nitrogens with one attached hydrogen (secondary N) is 1. The molecule has 2 aromatic rings. The molecule has 9 heteroatoms. The number of carbonyl (C=O) groups is 2. The van der Waals surface area contributed by atoms with Crippen molar-refractivity contribution in [2.75, 3.05) is 26.2 Å². The second kappa shape index (κ2) is 10.9. The SMILES string of the molecule is CCN(CC(=O)NCc1cccs1)C(=O)c1cccc(S(=O)(=O)N2CCCCCC2)c1. The number of sulfonamides is 1. The Morgan fingerprint density at radius 1 is 1.10 bits per heavy atom. The van der Waals surface area contributed by atoms with Crippen LogP contribution in [0.3, 0.4) is 0 Å². The second-order valence-electron chi connectivity index (χ2n) is 7.52. The molecular weight excluding hydrogens is 434 g/mol. The van der Waals surface area contributed by atoms with Crippen LogP contribution in [0.4, 0.5) is 0 Å². The average Bonchev–Trinajstić information content (AvgIpc) is 3.15. The molecule has 2 amide bonds. The fraction of sp³-hybridized carbons (Fsp3) is 0.455. The van der Waals surface area contributed by atoms with Gasteiger partial charge in [0.05, 0.1) is 18.0 Å². The molecule has 0 bridgehead atoms. The topological polar surface area (TPSA) is 86.8 Å². The van der Waals surface area contributed by atoms with Gasteiger partial charge in [-0.1, -0.05) is 25.0 Å². The van der Waals surface area contributed by atoms with Gasteiger partial charge in [-0.05, 0) is 49.4 Å². The van der Waals surface area contributed by atoms with Crippen LogP contribution in [0.1, 0.15) is 47.8 Å². The van der Waals surface area contributed by atoms with Gasteiger partial charge in [-0.2, -0.15) is 4.31 Å². The van der Waals surface area contributed by atoms with E-state index in [2.05, 4.69) is 5.32 Å². The Balaban J connectivity index is 1.69. The second-order valence-corrected chi connectivity index (χ2v) is 10.5. The number of carbonyl (C=O) groups excluding carboxylic acids is 2. The quantitative estimate of drug-likeness (QED) is 0.652. The molecule has 1 aliphatic rings. The highest BCUT2D eigenvalue weighted by Gasteiger charge is 2.26. The summed E-state index contributed by atoms with van der Waals surface area (Å²) in [4.78, 5) is 27.9. The summed E-state index contributed by atoms with van der Waals surface area (Å²) in [6.45, 7) is 3.49. The summed E-state index contributed by atoms with van der Waals surface area (Å²) in [7, 11) is -3.65. The number of hydrogen-bond acceptors (Lipinski definition) is 5. The minimum atomic E-state index is -3.65. The van der Waals surface area contributed by atoms with Crippen molar-refractivity contribution in [2.45, 2.75) is 44.0 Å². The Bertz CT molecular complexity index is 982. The van der Waals surface area contributed by atoms with Crippen molar-refractivity contribution in [1.29, 1.82) is 0 Å². The lowest BCUT2D eigenvalue weighted by atomic mass is 10.2. The zero-order chi connectivity index (χ0) is 22.3. The van der Waals surface area contributed by atoms with E-state index in [0.29, 0.717) is 26.2 Å². The molecule has 1 saturated heterocycles. The maximum absolute atomic E-state index is 13.1. The third kappa shape index (κ3) is 6.15. The Kier molecular flexibility index (Phi) is 8.22. The van der Waals surface area contributed by atoms with Crippen LogP contribution < -0.4 is 5.32 Å². The van der Waals surface area contributed by atoms with Crippen LogP contribution in [0.25, 0.3) is 0 Å². The highest BCUT2D eigenvalue weighted by Crippen LogP contribution is 2.21. The predicted molar refractivity (Wildman–Crippen MR) is 121 cm³/mol. The van der Waals surface area contributed by atoms with E-state index in [1.54, 1.807) is 30.4 Å². The molecule has 1 aliphatic heterocycles. The molecule has 0 radical (unpaired) electrons. The summed E-state index contributed by atoms with van der Waals surface area (Å²) in [6, 6.07) is 9.99. The van der Waals surface area contributed by atoms with Gasteiger partial charge in [-0.25, -0.2) is 8.42 Å². The number of thiophene rings is 1. The van der Waals surface area contributed by atoms with E-state index in [1.807, 2.05) is 17.5 Å². The lowest BCUT2D eigenvalue weighted by Crippen LogP contribution is -2.40. The molecule has 1 aromatic heterocycles. The highest BCUT2D eigenvalue weighted by atomic mass is 32.2. The highest BCUT2D eigenvalue weighted by molar-refractivity contribution is 7.89. The van der Waals surface area contributed by atoms with Crippen LogP contribution in [0, 0.1) is 0 Å². The minimum Gasteiger partial charge on any atom is -0.350 e. The molecular formula is C22H29N3O4S2. The van der Waals surface area contributed by atoms with Crippen LogP contribution in [-0.4, -0.2) is 55.6 Å². The van der Waals surface area contributed by atoms with Crippen LogP contribution in [-0.2, 0) is 21.4 Å². The zero-order valence-electron chi connectivity index (χ0n) is 17.7. The van der Waals surface area contributed by atoms with E-state index in [0.717, 1.165) is 30.6 Å². The third-order valence-electron chi connectivity index (χ3n) is 5.33. The molecule has 3 rings (SSSR count). The number of amides is 2. The van der Waals surface area contributed by atoms with Gasteiger partial charge in [0.1, 0.15) is 0 Å². The maximum Gasteiger partial charge on any atom is 0.254 e. The van der Waals surface area contributed by atoms with Crippen molar-refractivity contribution in [3.8, 4) is 0 Å². The van der Waals surface area contributed by atoms with E-state index in [1.165, 1.54) is 21.3 Å². The molecule has 0 saturated carbocycles. The summed E-state index contributed by atoms with van der Waals surface area (Å²) >= 11 is 1.55. The number of nitrogens with zero attached hydrogens (tertiary/aromatic N) is 2. The Labute approximate surface area is 188 Å². The standard InChI is InChI=1S/C22H29N3O4S2/c1-2-24(17-21(26)23-16-19-10-8-14-30-19)22(27)18-9-7-11-20(15-18)31(28,29)25-12-5-3-4-6-13-25/h7-11,14-15H,2-6,12-13,16-17H2,1H3,(H,23,26). The fourth-order valence-corrected chi connectivity index (χ4v) is 5.77. The van der Waals surface area contributed by atoms with Gasteiger partial charge >= 0.3 is 0 Å². The summed E-state index contributed by atoms with van der Waals surface area (Å²) in [5.41, 5.74) is 0.267. The summed E-state index contributed by atoms with van der Waals surface area (Å²) in [5.74, 6) is -0.612.